The number of rotatable bonds is 3. The fourth-order valence-corrected chi connectivity index (χ4v) is 4.33. The Balaban J connectivity index is 2.23. The number of hydrogen-bond acceptors (Lipinski definition) is 4. The van der Waals surface area contributed by atoms with Gasteiger partial charge in [-0.25, -0.2) is 13.1 Å². The Kier molecular flexibility index (Phi) is 4.59. The van der Waals surface area contributed by atoms with Gasteiger partial charge < -0.3 is 10.8 Å². The first-order chi connectivity index (χ1) is 9.29. The maximum atomic E-state index is 12.4. The molecule has 0 aliphatic heterocycles. The molecular formula is C13H19ClN2O3S. The van der Waals surface area contributed by atoms with Gasteiger partial charge in [0, 0.05) is 16.8 Å². The van der Waals surface area contributed by atoms with E-state index < -0.39 is 10.0 Å². The van der Waals surface area contributed by atoms with Crippen molar-refractivity contribution in [2.75, 3.05) is 5.73 Å². The van der Waals surface area contributed by atoms with Crippen LogP contribution in [0.2, 0.25) is 5.02 Å². The molecule has 0 radical (unpaired) electrons. The fourth-order valence-electron chi connectivity index (χ4n) is 2.43. The predicted molar refractivity (Wildman–Crippen MR) is 79.2 cm³/mol. The van der Waals surface area contributed by atoms with Crippen LogP contribution in [0.25, 0.3) is 0 Å². The Labute approximate surface area is 124 Å². The second kappa shape index (κ2) is 5.89. The summed E-state index contributed by atoms with van der Waals surface area (Å²) in [6, 6.07) is 2.79. The minimum atomic E-state index is -3.65. The van der Waals surface area contributed by atoms with Gasteiger partial charge in [-0.15, -0.1) is 0 Å². The van der Waals surface area contributed by atoms with Gasteiger partial charge in [0.15, 0.2) is 0 Å². The molecule has 1 aliphatic carbocycles. The maximum absolute atomic E-state index is 12.4. The van der Waals surface area contributed by atoms with Gasteiger partial charge in [0.25, 0.3) is 0 Å². The van der Waals surface area contributed by atoms with Gasteiger partial charge in [0.1, 0.15) is 0 Å². The van der Waals surface area contributed by atoms with Crippen LogP contribution in [-0.4, -0.2) is 25.7 Å². The van der Waals surface area contributed by atoms with Crippen molar-refractivity contribution in [2.45, 2.75) is 49.6 Å². The van der Waals surface area contributed by atoms with Crippen LogP contribution >= 0.6 is 11.6 Å². The van der Waals surface area contributed by atoms with Crippen LogP contribution in [-0.2, 0) is 10.0 Å². The molecule has 0 bridgehead atoms. The molecule has 20 heavy (non-hydrogen) atoms. The van der Waals surface area contributed by atoms with E-state index in [2.05, 4.69) is 4.72 Å². The molecule has 0 amide bonds. The maximum Gasteiger partial charge on any atom is 0.241 e. The second-order valence-corrected chi connectivity index (χ2v) is 7.36. The van der Waals surface area contributed by atoms with Gasteiger partial charge in [0.05, 0.1) is 11.0 Å². The standard InChI is InChI=1S/C13H19ClN2O3S/c1-8-12(15)6-9(14)7-13(8)20(18,19)16-10-2-4-11(17)5-3-10/h6-7,10-11,16-17H,2-5,15H2,1H3. The minimum absolute atomic E-state index is 0.119. The lowest BCUT2D eigenvalue weighted by Gasteiger charge is -2.26. The first kappa shape index (κ1) is 15.6. The highest BCUT2D eigenvalue weighted by molar-refractivity contribution is 7.89. The Morgan fingerprint density at radius 1 is 1.30 bits per heavy atom. The first-order valence-electron chi connectivity index (χ1n) is 6.55. The van der Waals surface area contributed by atoms with E-state index in [0.717, 1.165) is 0 Å². The highest BCUT2D eigenvalue weighted by atomic mass is 35.5. The summed E-state index contributed by atoms with van der Waals surface area (Å²) in [5, 5.41) is 9.75. The number of halogens is 1. The molecule has 0 atom stereocenters. The molecule has 0 heterocycles. The molecule has 1 aromatic carbocycles. The molecule has 1 fully saturated rings. The van der Waals surface area contributed by atoms with Crippen molar-refractivity contribution in [1.29, 1.82) is 0 Å². The van der Waals surface area contributed by atoms with Crippen molar-refractivity contribution < 1.29 is 13.5 Å². The molecule has 1 aromatic rings. The van der Waals surface area contributed by atoms with E-state index in [-0.39, 0.29) is 17.0 Å². The number of nitrogens with one attached hydrogen (secondary N) is 1. The zero-order chi connectivity index (χ0) is 14.9. The van der Waals surface area contributed by atoms with Crippen molar-refractivity contribution in [3.63, 3.8) is 0 Å². The number of sulfonamides is 1. The van der Waals surface area contributed by atoms with Gasteiger partial charge in [-0.2, -0.15) is 0 Å². The summed E-state index contributed by atoms with van der Waals surface area (Å²) in [7, 11) is -3.65. The number of aliphatic hydroxyl groups is 1. The molecule has 112 valence electrons. The normalized spacial score (nSPS) is 23.8. The molecule has 4 N–H and O–H groups in total. The number of nitrogen functional groups attached to an aromatic ring is 1. The molecule has 0 spiro atoms. The van der Waals surface area contributed by atoms with Crippen molar-refractivity contribution in [2.24, 2.45) is 0 Å². The summed E-state index contributed by atoms with van der Waals surface area (Å²) in [6.45, 7) is 1.66. The summed E-state index contributed by atoms with van der Waals surface area (Å²) in [4.78, 5) is 0.119. The van der Waals surface area contributed by atoms with Gasteiger partial charge in [-0.1, -0.05) is 11.6 Å². The molecule has 1 saturated carbocycles. The number of benzene rings is 1. The summed E-state index contributed by atoms with van der Waals surface area (Å²) >= 11 is 5.88. The summed E-state index contributed by atoms with van der Waals surface area (Å²) in [5.74, 6) is 0. The quantitative estimate of drug-likeness (QED) is 0.741. The van der Waals surface area contributed by atoms with Crippen molar-refractivity contribution in [3.05, 3.63) is 22.7 Å². The van der Waals surface area contributed by atoms with Gasteiger partial charge in [-0.3, -0.25) is 0 Å². The van der Waals surface area contributed by atoms with Crippen molar-refractivity contribution >= 4 is 27.3 Å². The number of hydrogen-bond donors (Lipinski definition) is 3. The Bertz CT molecular complexity index is 596. The van der Waals surface area contributed by atoms with E-state index in [1.807, 2.05) is 0 Å². The topological polar surface area (TPSA) is 92.4 Å². The van der Waals surface area contributed by atoms with Crippen LogP contribution in [0.5, 0.6) is 0 Å². The lowest BCUT2D eigenvalue weighted by Crippen LogP contribution is -2.38. The molecular weight excluding hydrogens is 300 g/mol. The molecule has 0 saturated heterocycles. The first-order valence-corrected chi connectivity index (χ1v) is 8.41. The second-order valence-electron chi connectivity index (χ2n) is 5.24. The Morgan fingerprint density at radius 2 is 1.90 bits per heavy atom. The third kappa shape index (κ3) is 3.44. The highest BCUT2D eigenvalue weighted by Gasteiger charge is 2.26. The van der Waals surface area contributed by atoms with Gasteiger partial charge in [0.2, 0.25) is 10.0 Å². The Morgan fingerprint density at radius 3 is 2.50 bits per heavy atom. The van der Waals surface area contributed by atoms with Crippen LogP contribution in [0.4, 0.5) is 5.69 Å². The van der Waals surface area contributed by atoms with Crippen LogP contribution in [0.15, 0.2) is 17.0 Å². The van der Waals surface area contributed by atoms with Gasteiger partial charge in [-0.05, 0) is 50.3 Å². The summed E-state index contributed by atoms with van der Waals surface area (Å²) in [6.07, 6.45) is 2.18. The SMILES string of the molecule is Cc1c(N)cc(Cl)cc1S(=O)(=O)NC1CCC(O)CC1. The molecule has 5 nitrogen and oxygen atoms in total. The van der Waals surface area contributed by atoms with Gasteiger partial charge >= 0.3 is 0 Å². The van der Waals surface area contributed by atoms with Crippen LogP contribution in [0, 0.1) is 6.92 Å². The highest BCUT2D eigenvalue weighted by Crippen LogP contribution is 2.27. The monoisotopic (exact) mass is 318 g/mol. The number of aliphatic hydroxyl groups excluding tert-OH is 1. The van der Waals surface area contributed by atoms with Crippen molar-refractivity contribution in [3.8, 4) is 0 Å². The number of nitrogens with two attached hydrogens (primary N) is 1. The van der Waals surface area contributed by atoms with E-state index >= 15 is 0 Å². The van der Waals surface area contributed by atoms with Crippen LogP contribution < -0.4 is 10.5 Å². The van der Waals surface area contributed by atoms with E-state index in [1.165, 1.54) is 12.1 Å². The van der Waals surface area contributed by atoms with E-state index in [4.69, 9.17) is 17.3 Å². The average Bonchev–Trinajstić information content (AvgIpc) is 2.36. The lowest BCUT2D eigenvalue weighted by molar-refractivity contribution is 0.120. The Hall–Kier alpha value is -0.820. The molecule has 0 unspecified atom stereocenters. The number of anilines is 1. The predicted octanol–water partition coefficient (Wildman–Crippen LogP) is 1.81. The van der Waals surface area contributed by atoms with E-state index in [9.17, 15) is 13.5 Å². The molecule has 1 aliphatic rings. The third-order valence-corrected chi connectivity index (χ3v) is 5.54. The van der Waals surface area contributed by atoms with E-state index in [1.54, 1.807) is 6.92 Å². The minimum Gasteiger partial charge on any atom is -0.398 e. The molecule has 0 aromatic heterocycles. The zero-order valence-corrected chi connectivity index (χ0v) is 12.8. The van der Waals surface area contributed by atoms with E-state index in [0.29, 0.717) is 42.0 Å². The molecule has 2 rings (SSSR count). The smallest absolute Gasteiger partial charge is 0.241 e. The summed E-state index contributed by atoms with van der Waals surface area (Å²) in [5.41, 5.74) is 6.62. The largest absolute Gasteiger partial charge is 0.398 e. The van der Waals surface area contributed by atoms with Crippen LogP contribution in [0.1, 0.15) is 31.2 Å². The third-order valence-electron chi connectivity index (χ3n) is 3.67. The fraction of sp³-hybridized carbons (Fsp3) is 0.538. The average molecular weight is 319 g/mol. The van der Waals surface area contributed by atoms with Crippen molar-refractivity contribution in [1.82, 2.24) is 4.72 Å². The molecule has 7 heteroatoms. The van der Waals surface area contributed by atoms with Crippen LogP contribution in [0.3, 0.4) is 0 Å². The lowest BCUT2D eigenvalue weighted by atomic mass is 9.94. The zero-order valence-electron chi connectivity index (χ0n) is 11.3. The summed E-state index contributed by atoms with van der Waals surface area (Å²) < 4.78 is 27.5.